The van der Waals surface area contributed by atoms with Crippen LogP contribution in [0.25, 0.3) is 0 Å². The smallest absolute Gasteiger partial charge is 0.187 e. The van der Waals surface area contributed by atoms with E-state index < -0.39 is 98.5 Å². The summed E-state index contributed by atoms with van der Waals surface area (Å²) in [6.07, 6.45) is -19.5. The molecular formula is C21H36O16. The lowest BCUT2D eigenvalue weighted by Crippen LogP contribution is -2.60. The third kappa shape index (κ3) is 6.41. The van der Waals surface area contributed by atoms with Crippen LogP contribution < -0.4 is 0 Å². The first-order valence-electron chi connectivity index (χ1n) is 12.1. The maximum atomic E-state index is 10.7. The SMILES string of the molecule is OC[C@@H]1O[C@@H](OC2C(O)[C@H](CO[C@@H]3CO[C@@H](O[C@@H]4COCC(O)C4O)C(O)C3O)OC[C@H]2O)[C@@H](O)C1O. The van der Waals surface area contributed by atoms with Crippen LogP contribution >= 0.6 is 0 Å². The van der Waals surface area contributed by atoms with Gasteiger partial charge in [-0.05, 0) is 0 Å². The first-order valence-corrected chi connectivity index (χ1v) is 12.1. The van der Waals surface area contributed by atoms with E-state index >= 15 is 0 Å². The van der Waals surface area contributed by atoms with Crippen LogP contribution in [0.1, 0.15) is 0 Å². The number of hydrogen-bond acceptors (Lipinski definition) is 16. The molecule has 9 N–H and O–H groups in total. The Hall–Kier alpha value is -0.640. The normalized spacial score (nSPS) is 51.3. The molecule has 15 atom stereocenters. The van der Waals surface area contributed by atoms with Crippen molar-refractivity contribution in [3.63, 3.8) is 0 Å². The van der Waals surface area contributed by atoms with Crippen LogP contribution in [-0.4, -0.2) is 178 Å². The quantitative estimate of drug-likeness (QED) is 0.138. The van der Waals surface area contributed by atoms with Crippen molar-refractivity contribution in [2.24, 2.45) is 0 Å². The van der Waals surface area contributed by atoms with Crippen molar-refractivity contribution in [2.45, 2.75) is 91.9 Å². The number of hydrogen-bond donors (Lipinski definition) is 9. The van der Waals surface area contributed by atoms with E-state index in [0.29, 0.717) is 0 Å². The summed E-state index contributed by atoms with van der Waals surface area (Å²) < 4.78 is 37.8. The first-order chi connectivity index (χ1) is 17.6. The Balaban J connectivity index is 1.27. The zero-order valence-corrected chi connectivity index (χ0v) is 19.8. The fraction of sp³-hybridized carbons (Fsp3) is 1.00. The van der Waals surface area contributed by atoms with Crippen molar-refractivity contribution < 1.29 is 79.1 Å². The number of rotatable bonds is 8. The fourth-order valence-electron chi connectivity index (χ4n) is 4.60. The topological polar surface area (TPSA) is 247 Å². The van der Waals surface area contributed by atoms with Gasteiger partial charge in [0.2, 0.25) is 0 Å². The molecule has 4 rings (SSSR count). The van der Waals surface area contributed by atoms with Crippen LogP contribution in [0.3, 0.4) is 0 Å². The second-order valence-electron chi connectivity index (χ2n) is 9.56. The summed E-state index contributed by atoms with van der Waals surface area (Å²) in [5.41, 5.74) is 0. The van der Waals surface area contributed by atoms with E-state index in [9.17, 15) is 46.0 Å². The number of aliphatic hydroxyl groups is 9. The molecule has 4 heterocycles. The van der Waals surface area contributed by atoms with Gasteiger partial charge in [0.1, 0.15) is 79.4 Å². The highest BCUT2D eigenvalue weighted by Gasteiger charge is 2.49. The van der Waals surface area contributed by atoms with Gasteiger partial charge in [0.05, 0.1) is 39.6 Å². The molecule has 4 aliphatic heterocycles. The van der Waals surface area contributed by atoms with Gasteiger partial charge >= 0.3 is 0 Å². The molecule has 0 aromatic carbocycles. The van der Waals surface area contributed by atoms with Crippen molar-refractivity contribution in [3.8, 4) is 0 Å². The number of aliphatic hydroxyl groups excluding tert-OH is 9. The maximum absolute atomic E-state index is 10.7. The third-order valence-corrected chi connectivity index (χ3v) is 6.93. The van der Waals surface area contributed by atoms with Crippen LogP contribution in [-0.2, 0) is 33.2 Å². The van der Waals surface area contributed by atoms with Gasteiger partial charge in [-0.1, -0.05) is 0 Å². The Kier molecular flexibility index (Phi) is 10.1. The maximum Gasteiger partial charge on any atom is 0.187 e. The molecule has 0 aromatic rings. The molecule has 0 aromatic heterocycles. The van der Waals surface area contributed by atoms with Crippen LogP contribution in [0, 0.1) is 0 Å². The molecule has 4 aliphatic rings. The Morgan fingerprint density at radius 1 is 0.595 bits per heavy atom. The Labute approximate surface area is 211 Å². The zero-order valence-electron chi connectivity index (χ0n) is 19.8. The van der Waals surface area contributed by atoms with E-state index in [1.807, 2.05) is 0 Å². The van der Waals surface area contributed by atoms with Crippen LogP contribution in [0.5, 0.6) is 0 Å². The summed E-state index contributed by atoms with van der Waals surface area (Å²) in [6, 6.07) is 0. The molecular weight excluding hydrogens is 508 g/mol. The molecule has 4 fully saturated rings. The molecule has 0 bridgehead atoms. The molecule has 7 unspecified atom stereocenters. The predicted molar refractivity (Wildman–Crippen MR) is 114 cm³/mol. The minimum atomic E-state index is -1.58. The summed E-state index contributed by atoms with van der Waals surface area (Å²) in [7, 11) is 0. The van der Waals surface area contributed by atoms with Gasteiger partial charge in [0, 0.05) is 0 Å². The second-order valence-corrected chi connectivity index (χ2v) is 9.56. The summed E-state index contributed by atoms with van der Waals surface area (Å²) in [5.74, 6) is 0. The molecule has 0 spiro atoms. The van der Waals surface area contributed by atoms with Crippen molar-refractivity contribution >= 4 is 0 Å². The summed E-state index contributed by atoms with van der Waals surface area (Å²) >= 11 is 0. The van der Waals surface area contributed by atoms with Gasteiger partial charge in [-0.3, -0.25) is 0 Å². The first kappa shape index (κ1) is 29.3. The molecule has 0 saturated carbocycles. The Bertz CT molecular complexity index is 716. The molecule has 0 aliphatic carbocycles. The third-order valence-electron chi connectivity index (χ3n) is 6.93. The molecule has 4 saturated heterocycles. The van der Waals surface area contributed by atoms with Crippen molar-refractivity contribution in [2.75, 3.05) is 39.6 Å². The van der Waals surface area contributed by atoms with Crippen LogP contribution in [0.4, 0.5) is 0 Å². The standard InChI is InChI=1S/C21H36O16/c22-1-9-14(26)18(30)21(35-9)37-19-8(24)3-32-11(16(19)28)5-33-10-6-34-20(17(29)15(10)27)36-12-4-31-2-7(23)13(12)25/h7-30H,1-6H2/t7?,8-,9+,10-,11+,12-,13?,14?,15?,16?,17?,18+,19?,20+,21+/m1/s1. The Morgan fingerprint density at radius 2 is 1.32 bits per heavy atom. The summed E-state index contributed by atoms with van der Waals surface area (Å²) in [4.78, 5) is 0. The molecule has 16 heteroatoms. The second kappa shape index (κ2) is 12.7. The lowest BCUT2D eigenvalue weighted by Gasteiger charge is -2.42. The lowest BCUT2D eigenvalue weighted by molar-refractivity contribution is -0.313. The molecule has 0 radical (unpaired) electrons. The minimum Gasteiger partial charge on any atom is -0.394 e. The van der Waals surface area contributed by atoms with Gasteiger partial charge in [-0.25, -0.2) is 0 Å². The summed E-state index contributed by atoms with van der Waals surface area (Å²) in [6.45, 7) is -1.50. The van der Waals surface area contributed by atoms with E-state index in [2.05, 4.69) is 0 Å². The highest BCUT2D eigenvalue weighted by atomic mass is 16.7. The van der Waals surface area contributed by atoms with Crippen molar-refractivity contribution in [3.05, 3.63) is 0 Å². The molecule has 37 heavy (non-hydrogen) atoms. The van der Waals surface area contributed by atoms with Gasteiger partial charge in [-0.15, -0.1) is 0 Å². The monoisotopic (exact) mass is 544 g/mol. The van der Waals surface area contributed by atoms with Crippen molar-refractivity contribution in [1.82, 2.24) is 0 Å². The van der Waals surface area contributed by atoms with Gasteiger partial charge in [-0.2, -0.15) is 0 Å². The van der Waals surface area contributed by atoms with Crippen LogP contribution in [0.15, 0.2) is 0 Å². The van der Waals surface area contributed by atoms with Gasteiger partial charge in [0.25, 0.3) is 0 Å². The Morgan fingerprint density at radius 3 is 2.03 bits per heavy atom. The van der Waals surface area contributed by atoms with E-state index in [1.165, 1.54) is 0 Å². The molecule has 216 valence electrons. The highest BCUT2D eigenvalue weighted by Crippen LogP contribution is 2.28. The molecule has 0 amide bonds. The average Bonchev–Trinajstić information content (AvgIpc) is 3.15. The number of ether oxygens (including phenoxy) is 7. The van der Waals surface area contributed by atoms with E-state index in [0.717, 1.165) is 0 Å². The zero-order chi connectivity index (χ0) is 26.9. The van der Waals surface area contributed by atoms with Crippen molar-refractivity contribution in [1.29, 1.82) is 0 Å². The summed E-state index contributed by atoms with van der Waals surface area (Å²) in [5, 5.41) is 90.7. The van der Waals surface area contributed by atoms with E-state index in [4.69, 9.17) is 33.2 Å². The lowest BCUT2D eigenvalue weighted by atomic mass is 9.99. The van der Waals surface area contributed by atoms with Gasteiger partial charge in [0.15, 0.2) is 12.6 Å². The van der Waals surface area contributed by atoms with E-state index in [-0.39, 0.29) is 33.0 Å². The fourth-order valence-corrected chi connectivity index (χ4v) is 4.60. The predicted octanol–water partition coefficient (Wildman–Crippen LogP) is -6.47. The molecule has 16 nitrogen and oxygen atoms in total. The average molecular weight is 545 g/mol. The highest BCUT2D eigenvalue weighted by molar-refractivity contribution is 4.93. The van der Waals surface area contributed by atoms with Gasteiger partial charge < -0.3 is 79.1 Å². The minimum absolute atomic E-state index is 0.0463. The van der Waals surface area contributed by atoms with E-state index in [1.54, 1.807) is 0 Å². The van der Waals surface area contributed by atoms with Crippen LogP contribution in [0.2, 0.25) is 0 Å². The largest absolute Gasteiger partial charge is 0.394 e.